The predicted molar refractivity (Wildman–Crippen MR) is 162 cm³/mol. The molecule has 3 aliphatic rings. The molecule has 2 saturated heterocycles. The molecule has 0 saturated carbocycles. The van der Waals surface area contributed by atoms with E-state index in [-0.39, 0.29) is 32.0 Å². The highest BCUT2D eigenvalue weighted by Gasteiger charge is 2.23. The molecule has 0 aliphatic carbocycles. The molecule has 2 atom stereocenters. The number of carbonyl (C=O) groups excluding carboxylic acids is 6. The van der Waals surface area contributed by atoms with Gasteiger partial charge in [-0.05, 0) is 18.4 Å². The van der Waals surface area contributed by atoms with E-state index in [4.69, 9.17) is 9.47 Å². The van der Waals surface area contributed by atoms with Crippen molar-refractivity contribution >= 4 is 57.1 Å². The summed E-state index contributed by atoms with van der Waals surface area (Å²) in [6, 6.07) is -0.860. The summed E-state index contributed by atoms with van der Waals surface area (Å²) in [5.41, 5.74) is 0. The quantitative estimate of drug-likeness (QED) is 0.180. The third kappa shape index (κ3) is 17.9. The van der Waals surface area contributed by atoms with Gasteiger partial charge in [0.25, 0.3) is 0 Å². The maximum absolute atomic E-state index is 12.3. The molecule has 42 heavy (non-hydrogen) atoms. The van der Waals surface area contributed by atoms with E-state index < -0.39 is 41.7 Å². The Hall–Kier alpha value is -2.78. The van der Waals surface area contributed by atoms with Crippen LogP contribution >= 0.6 is 21.6 Å². The molecule has 3 heterocycles. The number of ether oxygens (including phenoxy) is 2. The number of esters is 1. The summed E-state index contributed by atoms with van der Waals surface area (Å²) < 4.78 is 10.3. The van der Waals surface area contributed by atoms with Gasteiger partial charge in [-0.1, -0.05) is 55.4 Å². The second-order valence-corrected chi connectivity index (χ2v) is 12.7. The molecule has 3 aliphatic heterocycles. The van der Waals surface area contributed by atoms with Crippen LogP contribution in [0.25, 0.3) is 0 Å². The van der Waals surface area contributed by atoms with E-state index >= 15 is 0 Å². The van der Waals surface area contributed by atoms with Crippen molar-refractivity contribution in [1.82, 2.24) is 26.2 Å². The molecule has 2 fully saturated rings. The van der Waals surface area contributed by atoms with Crippen LogP contribution in [0.1, 0.15) is 47.0 Å². The van der Waals surface area contributed by atoms with Crippen LogP contribution < -0.4 is 21.3 Å². The summed E-state index contributed by atoms with van der Waals surface area (Å²) >= 11 is 0. The Morgan fingerprint density at radius 2 is 1.60 bits per heavy atom. The fourth-order valence-corrected chi connectivity index (χ4v) is 5.48. The lowest BCUT2D eigenvalue weighted by atomic mass is 10.2. The third-order valence-corrected chi connectivity index (χ3v) is 7.77. The number of carbonyl (C=O) groups is 6. The van der Waals surface area contributed by atoms with Crippen LogP contribution in [0.2, 0.25) is 0 Å². The molecule has 0 spiro atoms. The van der Waals surface area contributed by atoms with Crippen LogP contribution in [-0.4, -0.2) is 110 Å². The van der Waals surface area contributed by atoms with Gasteiger partial charge in [0.1, 0.15) is 18.7 Å². The van der Waals surface area contributed by atoms with Gasteiger partial charge in [0.05, 0.1) is 32.7 Å². The van der Waals surface area contributed by atoms with Gasteiger partial charge in [0.2, 0.25) is 29.5 Å². The Balaban J connectivity index is 0.000000517. The third-order valence-electron chi connectivity index (χ3n) is 5.32. The van der Waals surface area contributed by atoms with Gasteiger partial charge in [-0.3, -0.25) is 28.8 Å². The standard InChI is InChI=1S/C16H22N4O6S2.C7H13NO2.C4H10/c21-12-5-10-3-1-2-4-27-28-9-11(20-14(23)7-17-12)16(25)19-6-13(22)18-8-15(24)26-10;1-2-7(9)8-3-5-10-6-4-8;1-4(2)3/h1,3,10-11H,2,4-9H2,(H,17,21)(H,18,22)(H,19,25)(H,20,23);2-6H2,1H3;4H,1-3H3/b3-1+;;/t10?,11-;;/m1../s1. The number of nitrogens with one attached hydrogen (secondary N) is 4. The highest BCUT2D eigenvalue weighted by molar-refractivity contribution is 8.76. The maximum atomic E-state index is 12.3. The number of rotatable bonds is 1. The summed E-state index contributed by atoms with van der Waals surface area (Å²) in [7, 11) is 2.94. The molecule has 13 nitrogen and oxygen atoms in total. The van der Waals surface area contributed by atoms with Crippen molar-refractivity contribution in [2.24, 2.45) is 5.92 Å². The zero-order chi connectivity index (χ0) is 31.3. The van der Waals surface area contributed by atoms with Crippen molar-refractivity contribution in [1.29, 1.82) is 0 Å². The maximum Gasteiger partial charge on any atom is 0.326 e. The van der Waals surface area contributed by atoms with Crippen LogP contribution in [0.5, 0.6) is 0 Å². The van der Waals surface area contributed by atoms with Gasteiger partial charge in [-0.2, -0.15) is 0 Å². The van der Waals surface area contributed by atoms with Gasteiger partial charge in [-0.15, -0.1) is 0 Å². The first-order valence-corrected chi connectivity index (χ1v) is 16.6. The lowest BCUT2D eigenvalue weighted by Gasteiger charge is -2.26. The molecular weight excluding hydrogens is 586 g/mol. The van der Waals surface area contributed by atoms with E-state index in [1.165, 1.54) is 21.6 Å². The van der Waals surface area contributed by atoms with Gasteiger partial charge >= 0.3 is 5.97 Å². The van der Waals surface area contributed by atoms with E-state index in [1.807, 2.05) is 17.9 Å². The van der Waals surface area contributed by atoms with Crippen molar-refractivity contribution in [3.8, 4) is 0 Å². The molecule has 0 aromatic heterocycles. The molecule has 2 bridgehead atoms. The van der Waals surface area contributed by atoms with Crippen LogP contribution in [-0.2, 0) is 38.2 Å². The second kappa shape index (κ2) is 21.9. The normalized spacial score (nSPS) is 23.6. The molecule has 5 amide bonds. The van der Waals surface area contributed by atoms with Crippen molar-refractivity contribution < 1.29 is 38.2 Å². The van der Waals surface area contributed by atoms with Crippen molar-refractivity contribution in [3.05, 3.63) is 12.2 Å². The molecule has 1 unspecified atom stereocenters. The molecule has 15 heteroatoms. The zero-order valence-corrected chi connectivity index (χ0v) is 26.5. The fraction of sp³-hybridized carbons (Fsp3) is 0.704. The van der Waals surface area contributed by atoms with Crippen LogP contribution in [0.3, 0.4) is 0 Å². The average molecular weight is 632 g/mol. The molecule has 238 valence electrons. The van der Waals surface area contributed by atoms with Crippen LogP contribution in [0.4, 0.5) is 0 Å². The number of hydrogen-bond acceptors (Lipinski definition) is 10. The molecule has 3 rings (SSSR count). The molecule has 4 N–H and O–H groups in total. The number of fused-ring (bicyclic) bond motifs is 7. The minimum Gasteiger partial charge on any atom is -0.456 e. The van der Waals surface area contributed by atoms with Gasteiger partial charge in [0.15, 0.2) is 0 Å². The van der Waals surface area contributed by atoms with Crippen molar-refractivity contribution in [3.63, 3.8) is 0 Å². The summed E-state index contributed by atoms with van der Waals surface area (Å²) in [6.45, 7) is 10.3. The SMILES string of the molecule is CC(C)C.CCC(=O)N1CCOCC1.O=C1CNC(=O)[C@H]2CSSCC/C=C/C(CC(=O)NCC(=O)N2)OC(=O)CN1. The van der Waals surface area contributed by atoms with E-state index in [2.05, 4.69) is 42.0 Å². The summed E-state index contributed by atoms with van der Waals surface area (Å²) in [5.74, 6) is -0.715. The number of amides is 5. The monoisotopic (exact) mass is 631 g/mol. The first kappa shape index (κ1) is 37.2. The molecule has 0 radical (unpaired) electrons. The minimum atomic E-state index is -0.860. The van der Waals surface area contributed by atoms with Gasteiger partial charge in [0, 0.05) is 31.0 Å². The number of hydrogen-bond donors (Lipinski definition) is 4. The number of morpholine rings is 1. The smallest absolute Gasteiger partial charge is 0.326 e. The highest BCUT2D eigenvalue weighted by atomic mass is 33.1. The van der Waals surface area contributed by atoms with Crippen molar-refractivity contribution in [2.45, 2.75) is 59.1 Å². The van der Waals surface area contributed by atoms with E-state index in [0.717, 1.165) is 24.8 Å². The van der Waals surface area contributed by atoms with Gasteiger partial charge < -0.3 is 35.6 Å². The lowest BCUT2D eigenvalue weighted by molar-refractivity contribution is -0.148. The van der Waals surface area contributed by atoms with E-state index in [1.54, 1.807) is 6.08 Å². The largest absolute Gasteiger partial charge is 0.456 e. The van der Waals surface area contributed by atoms with E-state index in [0.29, 0.717) is 31.8 Å². The number of nitrogens with zero attached hydrogens (tertiary/aromatic N) is 1. The first-order chi connectivity index (χ1) is 20.0. The minimum absolute atomic E-state index is 0.157. The summed E-state index contributed by atoms with van der Waals surface area (Å²) in [4.78, 5) is 73.1. The van der Waals surface area contributed by atoms with Crippen molar-refractivity contribution in [2.75, 3.05) is 57.4 Å². The van der Waals surface area contributed by atoms with Crippen LogP contribution in [0, 0.1) is 5.92 Å². The highest BCUT2D eigenvalue weighted by Crippen LogP contribution is 2.23. The van der Waals surface area contributed by atoms with Crippen LogP contribution in [0.15, 0.2) is 12.2 Å². The molecule has 0 aromatic carbocycles. The Labute approximate surface area is 255 Å². The average Bonchev–Trinajstić information content (AvgIpc) is 2.96. The summed E-state index contributed by atoms with van der Waals surface area (Å²) in [5, 5.41) is 9.78. The Kier molecular flexibility index (Phi) is 19.4. The lowest BCUT2D eigenvalue weighted by Crippen LogP contribution is -2.52. The Morgan fingerprint density at radius 3 is 2.26 bits per heavy atom. The predicted octanol–water partition coefficient (Wildman–Crippen LogP) is 0.394. The first-order valence-electron chi connectivity index (χ1n) is 14.1. The Bertz CT molecular complexity index is 925. The topological polar surface area (TPSA) is 172 Å². The zero-order valence-electron chi connectivity index (χ0n) is 24.9. The van der Waals surface area contributed by atoms with E-state index in [9.17, 15) is 28.8 Å². The number of allylic oxidation sites excluding steroid dienone is 1. The molecule has 0 aromatic rings. The second-order valence-electron chi connectivity index (χ2n) is 10.0. The van der Waals surface area contributed by atoms with Gasteiger partial charge in [-0.25, -0.2) is 0 Å². The Morgan fingerprint density at radius 1 is 0.952 bits per heavy atom. The fourth-order valence-electron chi connectivity index (χ4n) is 3.32. The molecular formula is C27H45N5O8S2. The summed E-state index contributed by atoms with van der Waals surface area (Å²) in [6.07, 6.45) is 3.75.